The molecule has 0 saturated heterocycles. The molecule has 0 aliphatic carbocycles. The van der Waals surface area contributed by atoms with Gasteiger partial charge in [0.2, 0.25) is 0 Å². The van der Waals surface area contributed by atoms with Gasteiger partial charge in [0.1, 0.15) is 0 Å². The summed E-state index contributed by atoms with van der Waals surface area (Å²) in [5.41, 5.74) is 0. The second kappa shape index (κ2) is 15.2. The Kier molecular flexibility index (Phi) is 13.7. The molecule has 0 atom stereocenters. The van der Waals surface area contributed by atoms with E-state index in [1.54, 1.807) is 0 Å². The van der Waals surface area contributed by atoms with Crippen LogP contribution in [0.2, 0.25) is 0 Å². The van der Waals surface area contributed by atoms with E-state index in [-0.39, 0.29) is 0 Å². The highest BCUT2D eigenvalue weighted by molar-refractivity contribution is 6.61. The molecule has 0 aliphatic rings. The number of rotatable bonds is 15. The predicted molar refractivity (Wildman–Crippen MR) is 101 cm³/mol. The number of benzene rings is 1. The van der Waals surface area contributed by atoms with E-state index in [1.165, 1.54) is 55.8 Å². The van der Waals surface area contributed by atoms with E-state index < -0.39 is 14.8 Å². The van der Waals surface area contributed by atoms with E-state index in [9.17, 15) is 0 Å². The average Bonchev–Trinajstić information content (AvgIpc) is 2.60. The van der Waals surface area contributed by atoms with Crippen molar-refractivity contribution in [2.24, 2.45) is 0 Å². The van der Waals surface area contributed by atoms with Crippen molar-refractivity contribution in [1.82, 2.24) is 0 Å². The van der Waals surface area contributed by atoms with Gasteiger partial charge in [-0.3, -0.25) is 0 Å². The third-order valence-corrected chi connectivity index (χ3v) is 6.11. The van der Waals surface area contributed by atoms with Crippen LogP contribution < -0.4 is 4.43 Å². The van der Waals surface area contributed by atoms with Gasteiger partial charge in [-0.15, -0.1) is 0 Å². The first kappa shape index (κ1) is 20.7. The van der Waals surface area contributed by atoms with Crippen LogP contribution in [0.4, 0.5) is 0 Å². The number of hydrogen-bond donors (Lipinski definition) is 0. The molecular weight excluding hydrogens is 299 g/mol. The predicted octanol–water partition coefficient (Wildman–Crippen LogP) is 5.36. The van der Waals surface area contributed by atoms with Crippen LogP contribution in [0.1, 0.15) is 78.1 Å². The van der Waals surface area contributed by atoms with Crippen LogP contribution in [0.3, 0.4) is 0 Å². The molecule has 0 amide bonds. The fraction of sp³-hybridized carbons (Fsp3) is 0.700. The fourth-order valence-corrected chi connectivity index (χ4v) is 4.42. The van der Waals surface area contributed by atoms with Crippen molar-refractivity contribution in [2.45, 2.75) is 78.1 Å². The third-order valence-electron chi connectivity index (χ3n) is 4.11. The zero-order valence-electron chi connectivity index (χ0n) is 15.3. The van der Waals surface area contributed by atoms with E-state index in [0.29, 0.717) is 0 Å². The molecule has 0 aromatic heterocycles. The standard InChI is InChI=1S/2C7H15O.C6H5.Al/c2*1-2-3-4-5-6-7-8;1-2-4-6-5-3-1;/h2*2-7H2,1H3;1-5H;/q2*-1;;+2. The van der Waals surface area contributed by atoms with Crippen molar-refractivity contribution in [2.75, 3.05) is 13.2 Å². The quantitative estimate of drug-likeness (QED) is 0.318. The first-order valence-electron chi connectivity index (χ1n) is 9.66. The molecule has 130 valence electrons. The van der Waals surface area contributed by atoms with Gasteiger partial charge in [-0.25, -0.2) is 0 Å². The van der Waals surface area contributed by atoms with E-state index in [2.05, 4.69) is 44.2 Å². The van der Waals surface area contributed by atoms with Gasteiger partial charge in [0.25, 0.3) is 0 Å². The highest BCUT2D eigenvalue weighted by Crippen LogP contribution is 2.06. The first-order chi connectivity index (χ1) is 11.4. The lowest BCUT2D eigenvalue weighted by atomic mass is 10.2. The minimum Gasteiger partial charge on any atom is -0.475 e. The lowest BCUT2D eigenvalue weighted by Crippen LogP contribution is -2.37. The van der Waals surface area contributed by atoms with Crippen LogP contribution in [-0.4, -0.2) is 28.0 Å². The molecule has 0 aliphatic heterocycles. The maximum absolute atomic E-state index is 6.15. The third kappa shape index (κ3) is 11.0. The summed E-state index contributed by atoms with van der Waals surface area (Å²) in [6.45, 7) is 6.21. The van der Waals surface area contributed by atoms with Crippen LogP contribution in [-0.2, 0) is 7.58 Å². The summed E-state index contributed by atoms with van der Waals surface area (Å²) >= 11 is -1.71. The van der Waals surface area contributed by atoms with Crippen LogP contribution >= 0.6 is 0 Å². The molecule has 0 N–H and O–H groups in total. The lowest BCUT2D eigenvalue weighted by molar-refractivity contribution is 0.199. The second-order valence-electron chi connectivity index (χ2n) is 6.31. The van der Waals surface area contributed by atoms with Gasteiger partial charge in [-0.1, -0.05) is 95.5 Å². The Bertz CT molecular complexity index is 340. The van der Waals surface area contributed by atoms with Crippen LogP contribution in [0.25, 0.3) is 0 Å². The molecule has 3 heteroatoms. The van der Waals surface area contributed by atoms with Gasteiger partial charge in [0, 0.05) is 13.2 Å². The van der Waals surface area contributed by atoms with Crippen LogP contribution in [0, 0.1) is 0 Å². The minimum atomic E-state index is -1.71. The molecule has 0 spiro atoms. The molecule has 1 rings (SSSR count). The number of unbranched alkanes of at least 4 members (excludes halogenated alkanes) is 8. The fourth-order valence-electron chi connectivity index (χ4n) is 2.64. The maximum atomic E-state index is 6.15. The van der Waals surface area contributed by atoms with Gasteiger partial charge >= 0.3 is 14.8 Å². The Morgan fingerprint density at radius 2 is 1.13 bits per heavy atom. The Morgan fingerprint density at radius 1 is 0.652 bits per heavy atom. The van der Waals surface area contributed by atoms with Crippen molar-refractivity contribution in [3.8, 4) is 0 Å². The van der Waals surface area contributed by atoms with Gasteiger partial charge < -0.3 is 7.58 Å². The highest BCUT2D eigenvalue weighted by Gasteiger charge is 2.27. The maximum Gasteiger partial charge on any atom is 0.718 e. The molecule has 1 aromatic carbocycles. The molecule has 0 fully saturated rings. The molecule has 23 heavy (non-hydrogen) atoms. The molecule has 0 bridgehead atoms. The Labute approximate surface area is 148 Å². The van der Waals surface area contributed by atoms with Crippen molar-refractivity contribution in [1.29, 1.82) is 0 Å². The van der Waals surface area contributed by atoms with E-state index in [0.717, 1.165) is 26.1 Å². The summed E-state index contributed by atoms with van der Waals surface area (Å²) < 4.78 is 13.6. The van der Waals surface area contributed by atoms with Crippen LogP contribution in [0.15, 0.2) is 30.3 Å². The zero-order chi connectivity index (χ0) is 16.6. The largest absolute Gasteiger partial charge is 0.718 e. The second-order valence-corrected chi connectivity index (χ2v) is 8.31. The van der Waals surface area contributed by atoms with Gasteiger partial charge in [-0.2, -0.15) is 0 Å². The molecule has 1 aromatic rings. The van der Waals surface area contributed by atoms with Crippen molar-refractivity contribution in [3.63, 3.8) is 0 Å². The smallest absolute Gasteiger partial charge is 0.475 e. The molecule has 0 saturated carbocycles. The number of hydrogen-bond acceptors (Lipinski definition) is 2. The highest BCUT2D eigenvalue weighted by atomic mass is 27.2. The molecule has 2 nitrogen and oxygen atoms in total. The zero-order valence-corrected chi connectivity index (χ0v) is 16.4. The van der Waals surface area contributed by atoms with E-state index in [1.807, 2.05) is 0 Å². The molecular formula is C20H35AlO2. The summed E-state index contributed by atoms with van der Waals surface area (Å²) in [6.07, 6.45) is 12.8. The summed E-state index contributed by atoms with van der Waals surface area (Å²) in [6, 6.07) is 10.6. The topological polar surface area (TPSA) is 18.5 Å². The normalized spacial score (nSPS) is 10.9. The summed E-state index contributed by atoms with van der Waals surface area (Å²) in [5.74, 6) is 0. The van der Waals surface area contributed by atoms with Crippen LogP contribution in [0.5, 0.6) is 0 Å². The molecule has 0 heterocycles. The van der Waals surface area contributed by atoms with Crippen molar-refractivity contribution < 1.29 is 7.58 Å². The van der Waals surface area contributed by atoms with E-state index in [4.69, 9.17) is 7.58 Å². The molecule has 0 radical (unpaired) electrons. The minimum absolute atomic E-state index is 0.853. The van der Waals surface area contributed by atoms with Gasteiger partial charge in [-0.05, 0) is 17.3 Å². The summed E-state index contributed by atoms with van der Waals surface area (Å²) in [7, 11) is 0. The van der Waals surface area contributed by atoms with Gasteiger partial charge in [0.05, 0.1) is 0 Å². The van der Waals surface area contributed by atoms with E-state index >= 15 is 0 Å². The lowest BCUT2D eigenvalue weighted by Gasteiger charge is -2.14. The first-order valence-corrected chi connectivity index (χ1v) is 11.2. The van der Waals surface area contributed by atoms with Crippen molar-refractivity contribution in [3.05, 3.63) is 30.3 Å². The summed E-state index contributed by atoms with van der Waals surface area (Å²) in [5, 5.41) is 0. The van der Waals surface area contributed by atoms with Gasteiger partial charge in [0.15, 0.2) is 0 Å². The van der Waals surface area contributed by atoms with Crippen molar-refractivity contribution >= 4 is 19.2 Å². The average molecular weight is 334 g/mol. The molecule has 0 unspecified atom stereocenters. The summed E-state index contributed by atoms with van der Waals surface area (Å²) in [4.78, 5) is 0. The Hall–Kier alpha value is -0.328. The SMILES string of the molecule is CCCCCCC[O][Al]([O]CCCCCCC)[c]1ccccc1. The Morgan fingerprint density at radius 3 is 1.61 bits per heavy atom. The Balaban J connectivity index is 2.26. The monoisotopic (exact) mass is 334 g/mol.